The SMILES string of the molecule is CCCCCCCCn1ccc2cc(NC(=O)CN3CCN(c4cc(C)nc(N5CCOCC5)n4)CC3)ccc21. The molecular weight excluding hydrogens is 502 g/mol. The van der Waals surface area contributed by atoms with Gasteiger partial charge in [-0.3, -0.25) is 9.69 Å². The Hall–Kier alpha value is -3.17. The van der Waals surface area contributed by atoms with E-state index in [1.54, 1.807) is 0 Å². The van der Waals surface area contributed by atoms with E-state index >= 15 is 0 Å². The van der Waals surface area contributed by atoms with E-state index in [0.29, 0.717) is 19.8 Å². The second-order valence-electron chi connectivity index (χ2n) is 11.1. The zero-order chi connectivity index (χ0) is 27.7. The second-order valence-corrected chi connectivity index (χ2v) is 11.1. The van der Waals surface area contributed by atoms with Crippen LogP contribution in [0.4, 0.5) is 17.5 Å². The number of hydrogen-bond acceptors (Lipinski definition) is 7. The lowest BCUT2D eigenvalue weighted by molar-refractivity contribution is -0.117. The monoisotopic (exact) mass is 547 g/mol. The molecule has 2 aliphatic rings. The molecule has 0 atom stereocenters. The molecule has 2 aromatic heterocycles. The fourth-order valence-corrected chi connectivity index (χ4v) is 5.68. The highest BCUT2D eigenvalue weighted by Gasteiger charge is 2.22. The van der Waals surface area contributed by atoms with Crippen LogP contribution in [0.15, 0.2) is 36.5 Å². The molecule has 0 saturated carbocycles. The molecule has 0 bridgehead atoms. The number of hydrogen-bond donors (Lipinski definition) is 1. The zero-order valence-electron chi connectivity index (χ0n) is 24.3. The highest BCUT2D eigenvalue weighted by molar-refractivity contribution is 5.95. The summed E-state index contributed by atoms with van der Waals surface area (Å²) in [4.78, 5) is 29.1. The molecule has 2 saturated heterocycles. The van der Waals surface area contributed by atoms with Crippen LogP contribution in [0.25, 0.3) is 10.9 Å². The van der Waals surface area contributed by atoms with Gasteiger partial charge in [0.25, 0.3) is 0 Å². The minimum absolute atomic E-state index is 0.0341. The van der Waals surface area contributed by atoms with Crippen LogP contribution < -0.4 is 15.1 Å². The molecule has 216 valence electrons. The molecule has 4 heterocycles. The maximum absolute atomic E-state index is 12.9. The summed E-state index contributed by atoms with van der Waals surface area (Å²) in [5, 5.41) is 4.29. The van der Waals surface area contributed by atoms with Crippen molar-refractivity contribution in [1.29, 1.82) is 0 Å². The van der Waals surface area contributed by atoms with E-state index in [2.05, 4.69) is 67.0 Å². The number of amides is 1. The van der Waals surface area contributed by atoms with Gasteiger partial charge in [0, 0.05) is 80.4 Å². The van der Waals surface area contributed by atoms with Gasteiger partial charge < -0.3 is 24.4 Å². The second kappa shape index (κ2) is 13.9. The summed E-state index contributed by atoms with van der Waals surface area (Å²) in [5.41, 5.74) is 3.07. The van der Waals surface area contributed by atoms with Crippen LogP contribution in [0.2, 0.25) is 0 Å². The molecule has 1 amide bonds. The molecule has 0 spiro atoms. The highest BCUT2D eigenvalue weighted by atomic mass is 16.5. The lowest BCUT2D eigenvalue weighted by Crippen LogP contribution is -2.49. The van der Waals surface area contributed by atoms with E-state index in [1.807, 2.05) is 13.0 Å². The Morgan fingerprint density at radius 3 is 2.48 bits per heavy atom. The number of piperazine rings is 1. The van der Waals surface area contributed by atoms with Crippen LogP contribution in [-0.2, 0) is 16.1 Å². The van der Waals surface area contributed by atoms with Crippen molar-refractivity contribution in [3.63, 3.8) is 0 Å². The Bertz CT molecular complexity index is 1250. The van der Waals surface area contributed by atoms with Crippen molar-refractivity contribution in [3.05, 3.63) is 42.2 Å². The Morgan fingerprint density at radius 1 is 0.900 bits per heavy atom. The van der Waals surface area contributed by atoms with E-state index in [9.17, 15) is 4.79 Å². The first-order chi connectivity index (χ1) is 19.6. The van der Waals surface area contributed by atoms with E-state index in [4.69, 9.17) is 9.72 Å². The van der Waals surface area contributed by atoms with Gasteiger partial charge in [0.1, 0.15) is 5.82 Å². The Kier molecular flexibility index (Phi) is 9.89. The molecule has 40 heavy (non-hydrogen) atoms. The fourth-order valence-electron chi connectivity index (χ4n) is 5.68. The number of carbonyl (C=O) groups is 1. The van der Waals surface area contributed by atoms with Crippen molar-refractivity contribution >= 4 is 34.3 Å². The van der Waals surface area contributed by atoms with Crippen molar-refractivity contribution in [1.82, 2.24) is 19.4 Å². The number of nitrogens with one attached hydrogen (secondary N) is 1. The van der Waals surface area contributed by atoms with E-state index in [-0.39, 0.29) is 5.91 Å². The number of carbonyl (C=O) groups excluding carboxylic acids is 1. The van der Waals surface area contributed by atoms with Crippen molar-refractivity contribution in [2.24, 2.45) is 0 Å². The van der Waals surface area contributed by atoms with Gasteiger partial charge >= 0.3 is 0 Å². The highest BCUT2D eigenvalue weighted by Crippen LogP contribution is 2.22. The van der Waals surface area contributed by atoms with Crippen molar-refractivity contribution < 1.29 is 9.53 Å². The summed E-state index contributed by atoms with van der Waals surface area (Å²) in [7, 11) is 0. The summed E-state index contributed by atoms with van der Waals surface area (Å²) in [5.74, 6) is 1.79. The minimum Gasteiger partial charge on any atom is -0.378 e. The number of ether oxygens (including phenoxy) is 1. The normalized spacial score (nSPS) is 16.6. The number of fused-ring (bicyclic) bond motifs is 1. The van der Waals surface area contributed by atoms with Gasteiger partial charge in [-0.05, 0) is 37.6 Å². The Labute approximate surface area is 238 Å². The molecule has 0 radical (unpaired) electrons. The van der Waals surface area contributed by atoms with Crippen LogP contribution in [0.3, 0.4) is 0 Å². The molecular formula is C31H45N7O2. The number of morpholine rings is 1. The van der Waals surface area contributed by atoms with Crippen molar-refractivity contribution in [3.8, 4) is 0 Å². The van der Waals surface area contributed by atoms with Crippen LogP contribution in [0.1, 0.15) is 51.1 Å². The summed E-state index contributed by atoms with van der Waals surface area (Å²) in [6.07, 6.45) is 9.98. The molecule has 0 aliphatic carbocycles. The molecule has 3 aromatic rings. The summed E-state index contributed by atoms with van der Waals surface area (Å²) in [6, 6.07) is 10.5. The summed E-state index contributed by atoms with van der Waals surface area (Å²) in [6.45, 7) is 12.1. The van der Waals surface area contributed by atoms with E-state index < -0.39 is 0 Å². The first-order valence-corrected chi connectivity index (χ1v) is 15.1. The van der Waals surface area contributed by atoms with Gasteiger partial charge in [-0.25, -0.2) is 4.98 Å². The van der Waals surface area contributed by atoms with Gasteiger partial charge in [0.2, 0.25) is 11.9 Å². The average molecular weight is 548 g/mol. The van der Waals surface area contributed by atoms with E-state index in [1.165, 1.54) is 49.4 Å². The molecule has 0 unspecified atom stereocenters. The topological polar surface area (TPSA) is 78.8 Å². The molecule has 1 aromatic carbocycles. The lowest BCUT2D eigenvalue weighted by Gasteiger charge is -2.35. The van der Waals surface area contributed by atoms with Crippen molar-refractivity contribution in [2.75, 3.05) is 74.1 Å². The van der Waals surface area contributed by atoms with Gasteiger partial charge in [-0.15, -0.1) is 0 Å². The molecule has 9 nitrogen and oxygen atoms in total. The largest absolute Gasteiger partial charge is 0.378 e. The van der Waals surface area contributed by atoms with Crippen LogP contribution in [-0.4, -0.2) is 84.4 Å². The Balaban J connectivity index is 1.09. The summed E-state index contributed by atoms with van der Waals surface area (Å²) < 4.78 is 7.81. The van der Waals surface area contributed by atoms with Gasteiger partial charge in [-0.2, -0.15) is 4.98 Å². The minimum atomic E-state index is 0.0341. The predicted octanol–water partition coefficient (Wildman–Crippen LogP) is 4.70. The lowest BCUT2D eigenvalue weighted by atomic mass is 10.1. The average Bonchev–Trinajstić information content (AvgIpc) is 3.37. The Morgan fingerprint density at radius 2 is 1.68 bits per heavy atom. The third-order valence-corrected chi connectivity index (χ3v) is 7.99. The zero-order valence-corrected chi connectivity index (χ0v) is 24.3. The number of benzene rings is 1. The molecule has 2 aliphatic heterocycles. The molecule has 1 N–H and O–H groups in total. The van der Waals surface area contributed by atoms with Crippen LogP contribution in [0.5, 0.6) is 0 Å². The number of anilines is 3. The maximum atomic E-state index is 12.9. The number of aryl methyl sites for hydroxylation is 2. The molecule has 5 rings (SSSR count). The number of aromatic nitrogens is 3. The number of nitrogens with zero attached hydrogens (tertiary/aromatic N) is 6. The van der Waals surface area contributed by atoms with E-state index in [0.717, 1.165) is 69.0 Å². The maximum Gasteiger partial charge on any atom is 0.238 e. The van der Waals surface area contributed by atoms with Gasteiger partial charge in [0.05, 0.1) is 19.8 Å². The number of unbranched alkanes of at least 4 members (excludes halogenated alkanes) is 5. The summed E-state index contributed by atoms with van der Waals surface area (Å²) >= 11 is 0. The standard InChI is InChI=1S/C31H45N7O2/c1-3-4-5-6-7-8-12-36-13-11-26-23-27(9-10-28(26)36)33-30(39)24-35-14-16-37(17-15-35)29-22-25(2)32-31(34-29)38-18-20-40-21-19-38/h9-11,13,22-23H,3-8,12,14-21,24H2,1-2H3,(H,33,39). The van der Waals surface area contributed by atoms with Gasteiger partial charge in [-0.1, -0.05) is 39.0 Å². The first-order valence-electron chi connectivity index (χ1n) is 15.1. The quantitative estimate of drug-likeness (QED) is 0.330. The van der Waals surface area contributed by atoms with Crippen LogP contribution >= 0.6 is 0 Å². The van der Waals surface area contributed by atoms with Crippen LogP contribution in [0, 0.1) is 6.92 Å². The molecule has 9 heteroatoms. The third kappa shape index (κ3) is 7.52. The first kappa shape index (κ1) is 28.4. The number of rotatable bonds is 12. The van der Waals surface area contributed by atoms with Gasteiger partial charge in [0.15, 0.2) is 0 Å². The molecule has 2 fully saturated rings. The third-order valence-electron chi connectivity index (χ3n) is 7.99. The van der Waals surface area contributed by atoms with Crippen molar-refractivity contribution in [2.45, 2.75) is 58.9 Å². The fraction of sp³-hybridized carbons (Fsp3) is 0.581. The smallest absolute Gasteiger partial charge is 0.238 e. The predicted molar refractivity (Wildman–Crippen MR) is 162 cm³/mol.